The number of carbonyl (C=O) groups is 1. The summed E-state index contributed by atoms with van der Waals surface area (Å²) in [5.41, 5.74) is 2.90. The van der Waals surface area contributed by atoms with Gasteiger partial charge < -0.3 is 4.90 Å². The van der Waals surface area contributed by atoms with E-state index in [1.54, 1.807) is 22.4 Å². The lowest BCUT2D eigenvalue weighted by molar-refractivity contribution is 0.0699. The lowest BCUT2D eigenvalue weighted by Crippen LogP contribution is -2.50. The number of rotatable bonds is 6. The summed E-state index contributed by atoms with van der Waals surface area (Å²) in [4.78, 5) is 19.8. The first kappa shape index (κ1) is 21.9. The number of aryl methyl sites for hydroxylation is 3. The molecule has 0 unspecified atom stereocenters. The van der Waals surface area contributed by atoms with Crippen molar-refractivity contribution in [2.24, 2.45) is 0 Å². The molecular formula is C21H27N5O3S2. The Labute approximate surface area is 186 Å². The normalized spacial score (nSPS) is 15.6. The van der Waals surface area contributed by atoms with Crippen LogP contribution in [-0.4, -0.2) is 64.5 Å². The summed E-state index contributed by atoms with van der Waals surface area (Å²) in [5.74, 6) is -0.0955. The predicted molar refractivity (Wildman–Crippen MR) is 121 cm³/mol. The van der Waals surface area contributed by atoms with Crippen molar-refractivity contribution in [3.8, 4) is 0 Å². The largest absolute Gasteiger partial charge is 0.336 e. The number of pyridine rings is 1. The lowest BCUT2D eigenvalue weighted by Gasteiger charge is -2.33. The van der Waals surface area contributed by atoms with Crippen LogP contribution in [0.5, 0.6) is 0 Å². The van der Waals surface area contributed by atoms with Gasteiger partial charge in [-0.05, 0) is 37.8 Å². The molecule has 3 aromatic heterocycles. The van der Waals surface area contributed by atoms with Crippen molar-refractivity contribution in [1.82, 2.24) is 24.0 Å². The van der Waals surface area contributed by atoms with Gasteiger partial charge in [-0.3, -0.25) is 4.79 Å². The number of fused-ring (bicyclic) bond motifs is 1. The second kappa shape index (κ2) is 8.68. The van der Waals surface area contributed by atoms with Crippen LogP contribution in [0.3, 0.4) is 0 Å². The molecule has 0 bridgehead atoms. The zero-order chi connectivity index (χ0) is 22.2. The number of sulfonamides is 1. The Kier molecular flexibility index (Phi) is 6.14. The van der Waals surface area contributed by atoms with Crippen LogP contribution < -0.4 is 0 Å². The van der Waals surface area contributed by atoms with Crippen molar-refractivity contribution < 1.29 is 13.2 Å². The van der Waals surface area contributed by atoms with Gasteiger partial charge in [-0.1, -0.05) is 19.4 Å². The molecule has 0 spiro atoms. The third-order valence-corrected chi connectivity index (χ3v) is 8.85. The Hall–Kier alpha value is -2.30. The van der Waals surface area contributed by atoms with Crippen LogP contribution >= 0.6 is 11.3 Å². The molecule has 0 aliphatic carbocycles. The summed E-state index contributed by atoms with van der Waals surface area (Å²) in [6, 6.07) is 5.17. The summed E-state index contributed by atoms with van der Waals surface area (Å²) >= 11 is 1.21. The van der Waals surface area contributed by atoms with Gasteiger partial charge in [0.15, 0.2) is 5.65 Å². The molecule has 1 amide bonds. The Morgan fingerprint density at radius 2 is 1.94 bits per heavy atom. The maximum absolute atomic E-state index is 13.4. The molecule has 1 aliphatic heterocycles. The molecule has 1 saturated heterocycles. The first-order chi connectivity index (χ1) is 14.8. The molecule has 166 valence electrons. The van der Waals surface area contributed by atoms with E-state index in [9.17, 15) is 13.2 Å². The molecule has 0 atom stereocenters. The smallest absolute Gasteiger partial charge is 0.254 e. The molecule has 4 rings (SSSR count). The molecule has 0 N–H and O–H groups in total. The van der Waals surface area contributed by atoms with E-state index < -0.39 is 10.0 Å². The van der Waals surface area contributed by atoms with Crippen molar-refractivity contribution in [1.29, 1.82) is 0 Å². The zero-order valence-electron chi connectivity index (χ0n) is 18.0. The molecule has 31 heavy (non-hydrogen) atoms. The number of hydrogen-bond acceptors (Lipinski definition) is 6. The molecule has 0 aromatic carbocycles. The van der Waals surface area contributed by atoms with Crippen molar-refractivity contribution >= 4 is 38.3 Å². The summed E-state index contributed by atoms with van der Waals surface area (Å²) in [6.07, 6.45) is 2.05. The van der Waals surface area contributed by atoms with E-state index >= 15 is 0 Å². The minimum Gasteiger partial charge on any atom is -0.336 e. The number of hydrogen-bond donors (Lipinski definition) is 0. The van der Waals surface area contributed by atoms with E-state index in [1.165, 1.54) is 15.6 Å². The highest BCUT2D eigenvalue weighted by Gasteiger charge is 2.32. The minimum absolute atomic E-state index is 0.0955. The molecule has 4 heterocycles. The summed E-state index contributed by atoms with van der Waals surface area (Å²) in [6.45, 7) is 7.97. The fraction of sp³-hybridized carbons (Fsp3) is 0.476. The van der Waals surface area contributed by atoms with Crippen molar-refractivity contribution in [3.63, 3.8) is 0 Å². The van der Waals surface area contributed by atoms with Crippen LogP contribution in [0.4, 0.5) is 0 Å². The average molecular weight is 462 g/mol. The van der Waals surface area contributed by atoms with Gasteiger partial charge in [0.05, 0.1) is 16.6 Å². The first-order valence-electron chi connectivity index (χ1n) is 10.5. The maximum atomic E-state index is 13.4. The molecule has 1 fully saturated rings. The number of aromatic nitrogens is 3. The van der Waals surface area contributed by atoms with E-state index in [1.807, 2.05) is 24.6 Å². The van der Waals surface area contributed by atoms with Gasteiger partial charge in [0, 0.05) is 38.4 Å². The molecule has 3 aromatic rings. The van der Waals surface area contributed by atoms with E-state index in [-0.39, 0.29) is 19.0 Å². The maximum Gasteiger partial charge on any atom is 0.254 e. The minimum atomic E-state index is -3.50. The van der Waals surface area contributed by atoms with Crippen LogP contribution in [0.15, 0.2) is 27.8 Å². The molecule has 0 saturated carbocycles. The number of piperazine rings is 1. The van der Waals surface area contributed by atoms with E-state index in [0.29, 0.717) is 22.9 Å². The Morgan fingerprint density at radius 1 is 1.19 bits per heavy atom. The van der Waals surface area contributed by atoms with Gasteiger partial charge >= 0.3 is 0 Å². The van der Waals surface area contributed by atoms with Gasteiger partial charge in [0.25, 0.3) is 15.9 Å². The fourth-order valence-electron chi connectivity index (χ4n) is 3.95. The molecule has 10 heteroatoms. The third-order valence-electron chi connectivity index (χ3n) is 5.57. The average Bonchev–Trinajstić information content (AvgIpc) is 3.40. The number of nitrogens with zero attached hydrogens (tertiary/aromatic N) is 5. The zero-order valence-corrected chi connectivity index (χ0v) is 19.7. The Morgan fingerprint density at radius 3 is 2.58 bits per heavy atom. The van der Waals surface area contributed by atoms with Gasteiger partial charge in [0.1, 0.15) is 4.21 Å². The Balaban J connectivity index is 1.57. The lowest BCUT2D eigenvalue weighted by atomic mass is 10.1. The third kappa shape index (κ3) is 4.11. The summed E-state index contributed by atoms with van der Waals surface area (Å²) in [7, 11) is -3.50. The summed E-state index contributed by atoms with van der Waals surface area (Å²) in [5, 5.41) is 7.18. The van der Waals surface area contributed by atoms with Gasteiger partial charge in [-0.2, -0.15) is 9.40 Å². The molecule has 8 nitrogen and oxygen atoms in total. The van der Waals surface area contributed by atoms with Crippen molar-refractivity contribution in [2.45, 2.75) is 44.4 Å². The van der Waals surface area contributed by atoms with Gasteiger partial charge in [-0.25, -0.2) is 18.1 Å². The van der Waals surface area contributed by atoms with E-state index in [4.69, 9.17) is 0 Å². The van der Waals surface area contributed by atoms with Crippen molar-refractivity contribution in [2.75, 3.05) is 26.2 Å². The van der Waals surface area contributed by atoms with Gasteiger partial charge in [-0.15, -0.1) is 11.3 Å². The summed E-state index contributed by atoms with van der Waals surface area (Å²) < 4.78 is 29.2. The number of amides is 1. The second-order valence-corrected chi connectivity index (χ2v) is 10.9. The standard InChI is InChI=1S/C21H27N5O3S2/c1-4-5-8-26-20-19(16(3)23-26)17(14-15(2)22-20)21(27)24-9-11-25(12-10-24)31(28,29)18-7-6-13-30-18/h6-7,13-14H,4-5,8-12H2,1-3H3. The highest BCUT2D eigenvalue weighted by molar-refractivity contribution is 7.91. The fourth-order valence-corrected chi connectivity index (χ4v) is 6.52. The molecular weight excluding hydrogens is 434 g/mol. The van der Waals surface area contributed by atoms with Crippen LogP contribution in [0, 0.1) is 13.8 Å². The van der Waals surface area contributed by atoms with Crippen LogP contribution in [-0.2, 0) is 16.6 Å². The van der Waals surface area contributed by atoms with Gasteiger partial charge in [0.2, 0.25) is 0 Å². The molecule has 1 aliphatic rings. The predicted octanol–water partition coefficient (Wildman–Crippen LogP) is 3.06. The van der Waals surface area contributed by atoms with Crippen molar-refractivity contribution in [3.05, 3.63) is 40.5 Å². The highest BCUT2D eigenvalue weighted by atomic mass is 32.2. The monoisotopic (exact) mass is 461 g/mol. The van der Waals surface area contributed by atoms with Crippen LogP contribution in [0.25, 0.3) is 11.0 Å². The Bertz CT molecular complexity index is 1190. The number of unbranched alkanes of at least 4 members (excludes halogenated alkanes) is 1. The highest BCUT2D eigenvalue weighted by Crippen LogP contribution is 2.26. The van der Waals surface area contributed by atoms with E-state index in [0.717, 1.165) is 41.8 Å². The SMILES string of the molecule is CCCCn1nc(C)c2c(C(=O)N3CCN(S(=O)(=O)c4cccs4)CC3)cc(C)nc21. The molecule has 0 radical (unpaired) electrons. The number of carbonyl (C=O) groups excluding carboxylic acids is 1. The number of thiophene rings is 1. The second-order valence-electron chi connectivity index (χ2n) is 7.80. The van der Waals surface area contributed by atoms with Crippen LogP contribution in [0.2, 0.25) is 0 Å². The van der Waals surface area contributed by atoms with E-state index in [2.05, 4.69) is 17.0 Å². The topological polar surface area (TPSA) is 88.4 Å². The first-order valence-corrected chi connectivity index (χ1v) is 12.8. The quantitative estimate of drug-likeness (QED) is 0.563. The van der Waals surface area contributed by atoms with Crippen LogP contribution in [0.1, 0.15) is 41.5 Å².